The van der Waals surface area contributed by atoms with Crippen LogP contribution in [-0.4, -0.2) is 17.6 Å². The summed E-state index contributed by atoms with van der Waals surface area (Å²) in [6, 6.07) is 4.53. The maximum atomic E-state index is 11.8. The first-order valence-electron chi connectivity index (χ1n) is 6.21. The largest absolute Gasteiger partial charge is 0.506 e. The Morgan fingerprint density at radius 3 is 2.94 bits per heavy atom. The molecule has 1 aromatic rings. The quantitative estimate of drug-likeness (QED) is 0.433. The lowest BCUT2D eigenvalue weighted by atomic mass is 10.1. The highest BCUT2D eigenvalue weighted by Crippen LogP contribution is 2.21. The average Bonchev–Trinajstić information content (AvgIpc) is 2.85. The fourth-order valence-corrected chi connectivity index (χ4v) is 2.09. The number of allylic oxidation sites excluding steroid dienone is 1. The van der Waals surface area contributed by atoms with E-state index in [1.54, 1.807) is 6.07 Å². The van der Waals surface area contributed by atoms with Crippen molar-refractivity contribution in [3.05, 3.63) is 35.4 Å². The molecule has 4 nitrogen and oxygen atoms in total. The van der Waals surface area contributed by atoms with Gasteiger partial charge in [-0.1, -0.05) is 11.6 Å². The van der Waals surface area contributed by atoms with Crippen molar-refractivity contribution in [1.29, 1.82) is 0 Å². The van der Waals surface area contributed by atoms with E-state index in [4.69, 9.17) is 5.73 Å². The fraction of sp³-hybridized carbons (Fsp3) is 0.357. The van der Waals surface area contributed by atoms with Crippen LogP contribution >= 0.6 is 0 Å². The Labute approximate surface area is 107 Å². The number of hydrogen-bond acceptors (Lipinski definition) is 3. The summed E-state index contributed by atoms with van der Waals surface area (Å²) in [5, 5.41) is 12.3. The molecular formula is C14H18N2O2. The highest BCUT2D eigenvalue weighted by Gasteiger charge is 2.09. The normalized spacial score (nSPS) is 14.3. The number of phenolic OH excluding ortho intramolecular Hbond substituents is 1. The summed E-state index contributed by atoms with van der Waals surface area (Å²) in [4.78, 5) is 11.8. The van der Waals surface area contributed by atoms with Gasteiger partial charge in [0.2, 0.25) is 0 Å². The standard InChI is InChI=1S/C14H18N2O2/c15-12-6-5-11(9-13(12)17)14(18)16-8-7-10-3-1-2-4-10/h3,5-6,9,17H,1-2,4,7-8,15H2,(H,16,18). The van der Waals surface area contributed by atoms with Gasteiger partial charge in [0.15, 0.2) is 0 Å². The van der Waals surface area contributed by atoms with Gasteiger partial charge >= 0.3 is 0 Å². The van der Waals surface area contributed by atoms with Gasteiger partial charge in [0.1, 0.15) is 5.75 Å². The zero-order valence-electron chi connectivity index (χ0n) is 10.3. The Hall–Kier alpha value is -1.97. The number of rotatable bonds is 4. The molecule has 0 saturated carbocycles. The molecule has 4 heteroatoms. The molecule has 0 unspecified atom stereocenters. The van der Waals surface area contributed by atoms with Gasteiger partial charge in [-0.2, -0.15) is 0 Å². The van der Waals surface area contributed by atoms with Crippen LogP contribution in [0, 0.1) is 0 Å². The maximum Gasteiger partial charge on any atom is 0.251 e. The van der Waals surface area contributed by atoms with E-state index in [-0.39, 0.29) is 17.3 Å². The molecule has 1 aliphatic rings. The summed E-state index contributed by atoms with van der Waals surface area (Å²) in [6.07, 6.45) is 6.71. The van der Waals surface area contributed by atoms with Crippen molar-refractivity contribution in [2.75, 3.05) is 12.3 Å². The van der Waals surface area contributed by atoms with E-state index >= 15 is 0 Å². The summed E-state index contributed by atoms with van der Waals surface area (Å²) < 4.78 is 0. The first kappa shape index (κ1) is 12.5. The van der Waals surface area contributed by atoms with E-state index in [0.717, 1.165) is 19.3 Å². The number of nitrogens with one attached hydrogen (secondary N) is 1. The van der Waals surface area contributed by atoms with Crippen LogP contribution in [0.2, 0.25) is 0 Å². The number of benzene rings is 1. The predicted octanol–water partition coefficient (Wildman–Crippen LogP) is 2.20. The van der Waals surface area contributed by atoms with E-state index in [0.29, 0.717) is 12.1 Å². The zero-order chi connectivity index (χ0) is 13.0. The Kier molecular flexibility index (Phi) is 3.87. The Bertz CT molecular complexity index is 481. The Morgan fingerprint density at radius 2 is 2.28 bits per heavy atom. The van der Waals surface area contributed by atoms with Gasteiger partial charge in [-0.25, -0.2) is 0 Å². The lowest BCUT2D eigenvalue weighted by molar-refractivity contribution is 0.0953. The molecule has 0 radical (unpaired) electrons. The molecule has 4 N–H and O–H groups in total. The number of phenols is 1. The van der Waals surface area contributed by atoms with Crippen molar-refractivity contribution in [1.82, 2.24) is 5.32 Å². The molecular weight excluding hydrogens is 228 g/mol. The van der Waals surface area contributed by atoms with Crippen molar-refractivity contribution in [2.45, 2.75) is 25.7 Å². The van der Waals surface area contributed by atoms with Crippen molar-refractivity contribution in [3.8, 4) is 5.75 Å². The lowest BCUT2D eigenvalue weighted by Crippen LogP contribution is -2.24. The van der Waals surface area contributed by atoms with E-state index in [2.05, 4.69) is 11.4 Å². The molecule has 0 aliphatic heterocycles. The highest BCUT2D eigenvalue weighted by atomic mass is 16.3. The van der Waals surface area contributed by atoms with Crippen LogP contribution in [0.4, 0.5) is 5.69 Å². The second kappa shape index (κ2) is 5.58. The molecule has 1 aromatic carbocycles. The summed E-state index contributed by atoms with van der Waals surface area (Å²) in [5.74, 6) is -0.231. The van der Waals surface area contributed by atoms with Crippen LogP contribution in [-0.2, 0) is 0 Å². The molecule has 18 heavy (non-hydrogen) atoms. The van der Waals surface area contributed by atoms with E-state index < -0.39 is 0 Å². The number of carbonyl (C=O) groups is 1. The SMILES string of the molecule is Nc1ccc(C(=O)NCCC2=CCCC2)cc1O. The topological polar surface area (TPSA) is 75.4 Å². The molecule has 0 saturated heterocycles. The number of nitrogen functional groups attached to an aromatic ring is 1. The zero-order valence-corrected chi connectivity index (χ0v) is 10.3. The number of carbonyl (C=O) groups excluding carboxylic acids is 1. The third-order valence-corrected chi connectivity index (χ3v) is 3.16. The van der Waals surface area contributed by atoms with E-state index in [1.165, 1.54) is 24.1 Å². The molecule has 1 amide bonds. The highest BCUT2D eigenvalue weighted by molar-refractivity contribution is 5.95. The van der Waals surface area contributed by atoms with Gasteiger partial charge in [0.05, 0.1) is 5.69 Å². The Morgan fingerprint density at radius 1 is 1.44 bits per heavy atom. The third-order valence-electron chi connectivity index (χ3n) is 3.16. The van der Waals surface area contributed by atoms with Gasteiger partial charge in [-0.15, -0.1) is 0 Å². The first-order chi connectivity index (χ1) is 8.66. The number of nitrogens with two attached hydrogens (primary N) is 1. The van der Waals surface area contributed by atoms with E-state index in [1.807, 2.05) is 0 Å². The first-order valence-corrected chi connectivity index (χ1v) is 6.21. The lowest BCUT2D eigenvalue weighted by Gasteiger charge is -2.07. The summed E-state index contributed by atoms with van der Waals surface area (Å²) in [6.45, 7) is 0.635. The number of hydrogen-bond donors (Lipinski definition) is 3. The van der Waals surface area contributed by atoms with Crippen LogP contribution in [0.15, 0.2) is 29.8 Å². The number of anilines is 1. The molecule has 96 valence electrons. The molecule has 2 rings (SSSR count). The minimum Gasteiger partial charge on any atom is -0.506 e. The molecule has 0 fully saturated rings. The van der Waals surface area contributed by atoms with Crippen molar-refractivity contribution >= 4 is 11.6 Å². The second-order valence-electron chi connectivity index (χ2n) is 4.53. The molecule has 0 atom stereocenters. The monoisotopic (exact) mass is 246 g/mol. The predicted molar refractivity (Wildman–Crippen MR) is 71.4 cm³/mol. The van der Waals surface area contributed by atoms with Crippen LogP contribution < -0.4 is 11.1 Å². The summed E-state index contributed by atoms with van der Waals surface area (Å²) in [5.41, 5.74) is 7.62. The van der Waals surface area contributed by atoms with Gasteiger partial charge in [-0.3, -0.25) is 4.79 Å². The minimum atomic E-state index is -0.177. The Balaban J connectivity index is 1.85. The van der Waals surface area contributed by atoms with Crippen LogP contribution in [0.1, 0.15) is 36.0 Å². The van der Waals surface area contributed by atoms with Crippen LogP contribution in [0.3, 0.4) is 0 Å². The second-order valence-corrected chi connectivity index (χ2v) is 4.53. The molecule has 0 heterocycles. The van der Waals surface area contributed by atoms with Gasteiger partial charge in [0, 0.05) is 12.1 Å². The van der Waals surface area contributed by atoms with E-state index in [9.17, 15) is 9.90 Å². The summed E-state index contributed by atoms with van der Waals surface area (Å²) >= 11 is 0. The number of amides is 1. The van der Waals surface area contributed by atoms with Gasteiger partial charge < -0.3 is 16.2 Å². The molecule has 0 spiro atoms. The molecule has 0 bridgehead atoms. The minimum absolute atomic E-state index is 0.0545. The van der Waals surface area contributed by atoms with Gasteiger partial charge in [-0.05, 0) is 43.9 Å². The van der Waals surface area contributed by atoms with Crippen molar-refractivity contribution in [3.63, 3.8) is 0 Å². The van der Waals surface area contributed by atoms with Crippen molar-refractivity contribution in [2.24, 2.45) is 0 Å². The molecule has 0 aromatic heterocycles. The fourth-order valence-electron chi connectivity index (χ4n) is 2.09. The maximum absolute atomic E-state index is 11.8. The number of aromatic hydroxyl groups is 1. The summed E-state index contributed by atoms with van der Waals surface area (Å²) in [7, 11) is 0. The van der Waals surface area contributed by atoms with Crippen LogP contribution in [0.25, 0.3) is 0 Å². The molecule has 1 aliphatic carbocycles. The van der Waals surface area contributed by atoms with Crippen LogP contribution in [0.5, 0.6) is 5.75 Å². The smallest absolute Gasteiger partial charge is 0.251 e. The van der Waals surface area contributed by atoms with Gasteiger partial charge in [0.25, 0.3) is 5.91 Å². The third kappa shape index (κ3) is 3.03. The average molecular weight is 246 g/mol. The van der Waals surface area contributed by atoms with Crippen molar-refractivity contribution < 1.29 is 9.90 Å².